The third-order valence-corrected chi connectivity index (χ3v) is 6.88. The van der Waals surface area contributed by atoms with Gasteiger partial charge in [-0.1, -0.05) is 24.3 Å². The van der Waals surface area contributed by atoms with Gasteiger partial charge in [0.1, 0.15) is 5.75 Å². The van der Waals surface area contributed by atoms with Crippen LogP contribution in [0.1, 0.15) is 30.4 Å². The minimum atomic E-state index is -3.82. The number of anilines is 2. The van der Waals surface area contributed by atoms with Crippen LogP contribution in [-0.2, 0) is 27.9 Å². The molecule has 2 N–H and O–H groups in total. The average molecular weight is 468 g/mol. The smallest absolute Gasteiger partial charge is 0.241 e. The second kappa shape index (κ2) is 10.5. The second-order valence-corrected chi connectivity index (χ2v) is 9.96. The summed E-state index contributed by atoms with van der Waals surface area (Å²) < 4.78 is 29.4. The fraction of sp³-hybridized carbons (Fsp3) is 0.333. The van der Waals surface area contributed by atoms with E-state index in [1.807, 2.05) is 47.2 Å². The lowest BCUT2D eigenvalue weighted by Crippen LogP contribution is -2.32. The van der Waals surface area contributed by atoms with Crippen molar-refractivity contribution in [2.24, 2.45) is 0 Å². The van der Waals surface area contributed by atoms with Gasteiger partial charge < -0.3 is 14.8 Å². The van der Waals surface area contributed by atoms with Crippen LogP contribution in [0.4, 0.5) is 11.4 Å². The average Bonchev–Trinajstić information content (AvgIpc) is 3.32. The summed E-state index contributed by atoms with van der Waals surface area (Å²) in [5.74, 6) is -1.19. The zero-order valence-electron chi connectivity index (χ0n) is 18.5. The lowest BCUT2D eigenvalue weighted by Gasteiger charge is -2.28. The number of amides is 1. The predicted molar refractivity (Wildman–Crippen MR) is 130 cm³/mol. The zero-order chi connectivity index (χ0) is 23.1. The van der Waals surface area contributed by atoms with Gasteiger partial charge in [0.15, 0.2) is 0 Å². The Bertz CT molecular complexity index is 1160. The molecule has 3 aromatic rings. The first-order valence-corrected chi connectivity index (χ1v) is 12.8. The molecular weight excluding hydrogens is 438 g/mol. The predicted octanol–water partition coefficient (Wildman–Crippen LogP) is 2.98. The van der Waals surface area contributed by atoms with Gasteiger partial charge >= 0.3 is 0 Å². The van der Waals surface area contributed by atoms with Crippen molar-refractivity contribution in [3.05, 3.63) is 78.4 Å². The van der Waals surface area contributed by atoms with Gasteiger partial charge in [0, 0.05) is 49.9 Å². The van der Waals surface area contributed by atoms with Crippen molar-refractivity contribution in [1.29, 1.82) is 0 Å². The molecule has 0 aliphatic carbocycles. The van der Waals surface area contributed by atoms with Gasteiger partial charge in [-0.2, -0.15) is 0 Å². The van der Waals surface area contributed by atoms with Gasteiger partial charge in [0.05, 0.1) is 6.33 Å². The molecule has 0 unspecified atom stereocenters. The number of nitrogens with one attached hydrogen (secondary N) is 2. The molecule has 0 saturated carbocycles. The molecule has 1 fully saturated rings. The molecule has 2 aromatic carbocycles. The molecule has 9 heteroatoms. The molecule has 8 nitrogen and oxygen atoms in total. The van der Waals surface area contributed by atoms with Crippen LogP contribution in [0.5, 0.6) is 0 Å². The first-order chi connectivity index (χ1) is 16.0. The van der Waals surface area contributed by atoms with Crippen molar-refractivity contribution in [2.45, 2.75) is 32.4 Å². The fourth-order valence-electron chi connectivity index (χ4n) is 3.99. The number of piperidine rings is 1. The normalized spacial score (nSPS) is 14.1. The summed E-state index contributed by atoms with van der Waals surface area (Å²) in [4.78, 5) is 18.7. The highest BCUT2D eigenvalue weighted by Gasteiger charge is 2.17. The maximum absolute atomic E-state index is 12.5. The third-order valence-electron chi connectivity index (χ3n) is 5.69. The van der Waals surface area contributed by atoms with Crippen molar-refractivity contribution in [3.8, 4) is 0 Å². The SMILES string of the molecule is O=C(CS(=O)(=O)Nc1ccc(N2CCCCC2)cc1)NCc1ccccc1Cn1ccnc1. The van der Waals surface area contributed by atoms with E-state index in [4.69, 9.17) is 0 Å². The van der Waals surface area contributed by atoms with Gasteiger partial charge in [-0.3, -0.25) is 9.52 Å². The molecule has 1 aliphatic rings. The molecule has 0 radical (unpaired) electrons. The van der Waals surface area contributed by atoms with Crippen LogP contribution < -0.4 is 14.9 Å². The number of imidazole rings is 1. The van der Waals surface area contributed by atoms with Crippen LogP contribution >= 0.6 is 0 Å². The maximum atomic E-state index is 12.5. The Morgan fingerprint density at radius 1 is 0.970 bits per heavy atom. The highest BCUT2D eigenvalue weighted by Crippen LogP contribution is 2.22. The lowest BCUT2D eigenvalue weighted by atomic mass is 10.1. The standard InChI is InChI=1S/C24H29N5O3S/c30-24(26-16-20-6-2-3-7-21(20)17-28-15-12-25-19-28)18-33(31,32)27-22-8-10-23(11-9-22)29-13-4-1-5-14-29/h2-3,6-12,15,19,27H,1,4-5,13-14,16-18H2,(H,26,30). The topological polar surface area (TPSA) is 96.3 Å². The summed E-state index contributed by atoms with van der Waals surface area (Å²) in [6.45, 7) is 2.93. The number of hydrogen-bond donors (Lipinski definition) is 2. The Hall–Kier alpha value is -3.33. The van der Waals surface area contributed by atoms with Crippen molar-refractivity contribution >= 4 is 27.3 Å². The molecule has 1 aliphatic heterocycles. The summed E-state index contributed by atoms with van der Waals surface area (Å²) in [5.41, 5.74) is 3.50. The first kappa shape index (κ1) is 22.8. The van der Waals surface area contributed by atoms with Gasteiger partial charge in [0.2, 0.25) is 15.9 Å². The largest absolute Gasteiger partial charge is 0.372 e. The molecule has 4 rings (SSSR count). The molecule has 1 amide bonds. The Balaban J connectivity index is 1.30. The van der Waals surface area contributed by atoms with E-state index >= 15 is 0 Å². The van der Waals surface area contributed by atoms with Gasteiger partial charge in [-0.25, -0.2) is 13.4 Å². The van der Waals surface area contributed by atoms with Crippen LogP contribution in [0.25, 0.3) is 0 Å². The van der Waals surface area contributed by atoms with E-state index in [0.717, 1.165) is 29.9 Å². The molecule has 0 atom stereocenters. The number of nitrogens with zero attached hydrogens (tertiary/aromatic N) is 3. The molecule has 0 bridgehead atoms. The zero-order valence-corrected chi connectivity index (χ0v) is 19.3. The summed E-state index contributed by atoms with van der Waals surface area (Å²) in [7, 11) is -3.82. The van der Waals surface area contributed by atoms with Crippen molar-refractivity contribution in [1.82, 2.24) is 14.9 Å². The molecule has 1 aromatic heterocycles. The van der Waals surface area contributed by atoms with E-state index < -0.39 is 21.7 Å². The van der Waals surface area contributed by atoms with Crippen molar-refractivity contribution in [2.75, 3.05) is 28.5 Å². The van der Waals surface area contributed by atoms with E-state index in [9.17, 15) is 13.2 Å². The molecule has 33 heavy (non-hydrogen) atoms. The Morgan fingerprint density at radius 3 is 2.39 bits per heavy atom. The highest BCUT2D eigenvalue weighted by atomic mass is 32.2. The summed E-state index contributed by atoms with van der Waals surface area (Å²) >= 11 is 0. The maximum Gasteiger partial charge on any atom is 0.241 e. The summed E-state index contributed by atoms with van der Waals surface area (Å²) in [5, 5.41) is 2.72. The van der Waals surface area contributed by atoms with Crippen LogP contribution in [-0.4, -0.2) is 42.7 Å². The molecule has 174 valence electrons. The minimum Gasteiger partial charge on any atom is -0.372 e. The van der Waals surface area contributed by atoms with Gasteiger partial charge in [0.25, 0.3) is 0 Å². The van der Waals surface area contributed by atoms with E-state index in [1.165, 1.54) is 19.3 Å². The van der Waals surface area contributed by atoms with Crippen molar-refractivity contribution in [3.63, 3.8) is 0 Å². The molecule has 1 saturated heterocycles. The third kappa shape index (κ3) is 6.58. The fourth-order valence-corrected chi connectivity index (χ4v) is 5.00. The van der Waals surface area contributed by atoms with Crippen LogP contribution in [0.15, 0.2) is 67.3 Å². The van der Waals surface area contributed by atoms with E-state index in [2.05, 4.69) is 19.9 Å². The molecule has 2 heterocycles. The van der Waals surface area contributed by atoms with Crippen LogP contribution in [0.2, 0.25) is 0 Å². The highest BCUT2D eigenvalue weighted by molar-refractivity contribution is 7.93. The van der Waals surface area contributed by atoms with Crippen LogP contribution in [0.3, 0.4) is 0 Å². The van der Waals surface area contributed by atoms with E-state index in [-0.39, 0.29) is 6.54 Å². The Morgan fingerprint density at radius 2 is 1.70 bits per heavy atom. The summed E-state index contributed by atoms with van der Waals surface area (Å²) in [6, 6.07) is 15.0. The van der Waals surface area contributed by atoms with Gasteiger partial charge in [-0.15, -0.1) is 0 Å². The number of carbonyl (C=O) groups is 1. The number of hydrogen-bond acceptors (Lipinski definition) is 5. The number of carbonyl (C=O) groups excluding carboxylic acids is 1. The Labute approximate surface area is 194 Å². The number of sulfonamides is 1. The quantitative estimate of drug-likeness (QED) is 0.504. The Kier molecular flexibility index (Phi) is 7.29. The molecular formula is C24H29N5O3S. The van der Waals surface area contributed by atoms with E-state index in [0.29, 0.717) is 12.2 Å². The monoisotopic (exact) mass is 467 g/mol. The van der Waals surface area contributed by atoms with Crippen LogP contribution in [0, 0.1) is 0 Å². The number of aromatic nitrogens is 2. The molecule has 0 spiro atoms. The number of rotatable bonds is 9. The number of benzene rings is 2. The van der Waals surface area contributed by atoms with Crippen molar-refractivity contribution < 1.29 is 13.2 Å². The van der Waals surface area contributed by atoms with Gasteiger partial charge in [-0.05, 0) is 54.7 Å². The first-order valence-electron chi connectivity index (χ1n) is 11.1. The van der Waals surface area contributed by atoms with E-state index in [1.54, 1.807) is 24.7 Å². The minimum absolute atomic E-state index is 0.254. The second-order valence-electron chi connectivity index (χ2n) is 8.24. The summed E-state index contributed by atoms with van der Waals surface area (Å²) in [6.07, 6.45) is 8.92. The lowest BCUT2D eigenvalue weighted by molar-refractivity contribution is -0.118.